The summed E-state index contributed by atoms with van der Waals surface area (Å²) in [5.74, 6) is 1.73. The fourth-order valence-corrected chi connectivity index (χ4v) is 1.17. The number of hydrogen-bond acceptors (Lipinski definition) is 5. The molecule has 0 saturated heterocycles. The van der Waals surface area contributed by atoms with Crippen LogP contribution in [0.15, 0.2) is 30.7 Å². The van der Waals surface area contributed by atoms with Crippen molar-refractivity contribution in [1.29, 1.82) is 0 Å². The number of aryl methyl sites for hydroxylation is 1. The molecule has 0 aliphatic heterocycles. The van der Waals surface area contributed by atoms with Gasteiger partial charge >= 0.3 is 0 Å². The second kappa shape index (κ2) is 4.57. The van der Waals surface area contributed by atoms with Crippen LogP contribution in [0.4, 0.5) is 5.95 Å². The van der Waals surface area contributed by atoms with Crippen molar-refractivity contribution in [2.24, 2.45) is 0 Å². The summed E-state index contributed by atoms with van der Waals surface area (Å²) in [6.07, 6.45) is 5.05. The Morgan fingerprint density at radius 1 is 1.31 bits per heavy atom. The van der Waals surface area contributed by atoms with Gasteiger partial charge in [-0.25, -0.2) is 4.98 Å². The average Bonchev–Trinajstić information content (AvgIpc) is 2.33. The van der Waals surface area contributed by atoms with E-state index in [1.54, 1.807) is 25.6 Å². The van der Waals surface area contributed by atoms with Crippen molar-refractivity contribution >= 4 is 5.95 Å². The molecule has 0 bridgehead atoms. The Morgan fingerprint density at radius 2 is 2.19 bits per heavy atom. The molecule has 82 valence electrons. The maximum absolute atomic E-state index is 5.60. The van der Waals surface area contributed by atoms with E-state index in [1.807, 2.05) is 19.1 Å². The van der Waals surface area contributed by atoms with E-state index in [4.69, 9.17) is 4.74 Å². The molecule has 0 aromatic carbocycles. The van der Waals surface area contributed by atoms with Gasteiger partial charge in [-0.15, -0.1) is 0 Å². The summed E-state index contributed by atoms with van der Waals surface area (Å²) < 4.78 is 5.60. The standard InChI is InChI=1S/C11H12N4O/c1-8-6-14-11(12-2)15-10(8)16-9-4-3-5-13-7-9/h3-7H,1-2H3,(H,12,14,15). The SMILES string of the molecule is CNc1ncc(C)c(Oc2cccnc2)n1. The van der Waals surface area contributed by atoms with Gasteiger partial charge in [0.15, 0.2) is 0 Å². The van der Waals surface area contributed by atoms with E-state index in [2.05, 4.69) is 20.3 Å². The van der Waals surface area contributed by atoms with Gasteiger partial charge in [0.05, 0.1) is 6.20 Å². The quantitative estimate of drug-likeness (QED) is 0.850. The van der Waals surface area contributed by atoms with Gasteiger partial charge in [0, 0.05) is 25.0 Å². The summed E-state index contributed by atoms with van der Waals surface area (Å²) in [5.41, 5.74) is 0.878. The van der Waals surface area contributed by atoms with Crippen molar-refractivity contribution in [3.63, 3.8) is 0 Å². The molecule has 0 atom stereocenters. The number of aromatic nitrogens is 3. The van der Waals surface area contributed by atoms with Crippen molar-refractivity contribution < 1.29 is 4.74 Å². The third-order valence-corrected chi connectivity index (χ3v) is 2.00. The number of nitrogens with zero attached hydrogens (tertiary/aromatic N) is 3. The first-order chi connectivity index (χ1) is 7.79. The normalized spacial score (nSPS) is 9.88. The fraction of sp³-hybridized carbons (Fsp3) is 0.182. The largest absolute Gasteiger partial charge is 0.437 e. The van der Waals surface area contributed by atoms with Gasteiger partial charge in [-0.05, 0) is 19.1 Å². The van der Waals surface area contributed by atoms with Gasteiger partial charge in [-0.1, -0.05) is 0 Å². The van der Waals surface area contributed by atoms with Crippen molar-refractivity contribution in [2.45, 2.75) is 6.92 Å². The fourth-order valence-electron chi connectivity index (χ4n) is 1.17. The van der Waals surface area contributed by atoms with Crippen molar-refractivity contribution in [3.05, 3.63) is 36.3 Å². The number of nitrogens with one attached hydrogen (secondary N) is 1. The highest BCUT2D eigenvalue weighted by Gasteiger charge is 2.05. The lowest BCUT2D eigenvalue weighted by atomic mass is 10.4. The molecule has 2 heterocycles. The van der Waals surface area contributed by atoms with Crippen molar-refractivity contribution in [3.8, 4) is 11.6 Å². The van der Waals surface area contributed by atoms with E-state index in [-0.39, 0.29) is 0 Å². The summed E-state index contributed by atoms with van der Waals surface area (Å²) in [7, 11) is 1.76. The smallest absolute Gasteiger partial charge is 0.227 e. The van der Waals surface area contributed by atoms with Gasteiger partial charge in [0.2, 0.25) is 11.8 Å². The predicted molar refractivity (Wildman–Crippen MR) is 60.6 cm³/mol. The monoisotopic (exact) mass is 216 g/mol. The van der Waals surface area contributed by atoms with Crippen LogP contribution in [0.3, 0.4) is 0 Å². The zero-order valence-corrected chi connectivity index (χ0v) is 9.14. The highest BCUT2D eigenvalue weighted by molar-refractivity contribution is 5.34. The molecule has 2 aromatic heterocycles. The van der Waals surface area contributed by atoms with E-state index >= 15 is 0 Å². The maximum Gasteiger partial charge on any atom is 0.227 e. The molecule has 0 spiro atoms. The first kappa shape index (κ1) is 10.4. The summed E-state index contributed by atoms with van der Waals surface area (Å²) in [6.45, 7) is 1.89. The molecule has 1 N–H and O–H groups in total. The van der Waals surface area contributed by atoms with Gasteiger partial charge in [-0.2, -0.15) is 4.98 Å². The molecule has 2 aromatic rings. The molecular formula is C11H12N4O. The van der Waals surface area contributed by atoms with E-state index < -0.39 is 0 Å². The minimum Gasteiger partial charge on any atom is -0.437 e. The number of anilines is 1. The Hall–Kier alpha value is -2.17. The van der Waals surface area contributed by atoms with Crippen molar-refractivity contribution in [1.82, 2.24) is 15.0 Å². The lowest BCUT2D eigenvalue weighted by Gasteiger charge is -2.07. The van der Waals surface area contributed by atoms with E-state index in [0.29, 0.717) is 17.6 Å². The van der Waals surface area contributed by atoms with Crippen LogP contribution in [0.5, 0.6) is 11.6 Å². The third-order valence-electron chi connectivity index (χ3n) is 2.00. The van der Waals surface area contributed by atoms with Crippen LogP contribution in [0, 0.1) is 6.92 Å². The Morgan fingerprint density at radius 3 is 2.88 bits per heavy atom. The van der Waals surface area contributed by atoms with Gasteiger partial charge in [0.1, 0.15) is 5.75 Å². The summed E-state index contributed by atoms with van der Waals surface area (Å²) in [6, 6.07) is 3.64. The lowest BCUT2D eigenvalue weighted by Crippen LogP contribution is -1.99. The third kappa shape index (κ3) is 2.25. The Balaban J connectivity index is 2.27. The molecule has 16 heavy (non-hydrogen) atoms. The van der Waals surface area contributed by atoms with Crippen LogP contribution in [0.2, 0.25) is 0 Å². The molecule has 0 aliphatic carbocycles. The second-order valence-electron chi connectivity index (χ2n) is 3.22. The minimum atomic E-state index is 0.532. The molecule has 0 unspecified atom stereocenters. The first-order valence-corrected chi connectivity index (χ1v) is 4.89. The topological polar surface area (TPSA) is 59.9 Å². The Labute approximate surface area is 93.5 Å². The van der Waals surface area contributed by atoms with Crippen molar-refractivity contribution in [2.75, 3.05) is 12.4 Å². The van der Waals surface area contributed by atoms with Crippen LogP contribution in [0.1, 0.15) is 5.56 Å². The highest BCUT2D eigenvalue weighted by atomic mass is 16.5. The number of hydrogen-bond donors (Lipinski definition) is 1. The lowest BCUT2D eigenvalue weighted by molar-refractivity contribution is 0.456. The Bertz CT molecular complexity index is 473. The van der Waals surface area contributed by atoms with E-state index in [1.165, 1.54) is 0 Å². The van der Waals surface area contributed by atoms with Crippen LogP contribution in [0.25, 0.3) is 0 Å². The molecule has 5 nitrogen and oxygen atoms in total. The summed E-state index contributed by atoms with van der Waals surface area (Å²) in [5, 5.41) is 2.86. The Kier molecular flexibility index (Phi) is 2.95. The molecular weight excluding hydrogens is 204 g/mol. The van der Waals surface area contributed by atoms with E-state index in [0.717, 1.165) is 5.56 Å². The molecule has 0 fully saturated rings. The minimum absolute atomic E-state index is 0.532. The van der Waals surface area contributed by atoms with Gasteiger partial charge in [-0.3, -0.25) is 4.98 Å². The number of ether oxygens (including phenoxy) is 1. The molecule has 0 saturated carbocycles. The molecule has 0 aliphatic rings. The van der Waals surface area contributed by atoms with Crippen LogP contribution >= 0.6 is 0 Å². The second-order valence-corrected chi connectivity index (χ2v) is 3.22. The zero-order chi connectivity index (χ0) is 11.4. The summed E-state index contributed by atoms with van der Waals surface area (Å²) >= 11 is 0. The number of rotatable bonds is 3. The van der Waals surface area contributed by atoms with Crippen LogP contribution < -0.4 is 10.1 Å². The first-order valence-electron chi connectivity index (χ1n) is 4.89. The maximum atomic E-state index is 5.60. The molecule has 0 amide bonds. The van der Waals surface area contributed by atoms with Crippen LogP contribution in [-0.4, -0.2) is 22.0 Å². The van der Waals surface area contributed by atoms with Gasteiger partial charge in [0.25, 0.3) is 0 Å². The molecule has 2 rings (SSSR count). The zero-order valence-electron chi connectivity index (χ0n) is 9.14. The van der Waals surface area contributed by atoms with E-state index in [9.17, 15) is 0 Å². The molecule has 0 radical (unpaired) electrons. The summed E-state index contributed by atoms with van der Waals surface area (Å²) in [4.78, 5) is 12.3. The van der Waals surface area contributed by atoms with Gasteiger partial charge < -0.3 is 10.1 Å². The molecule has 5 heteroatoms. The number of pyridine rings is 1. The predicted octanol–water partition coefficient (Wildman–Crippen LogP) is 2.01. The van der Waals surface area contributed by atoms with Crippen LogP contribution in [-0.2, 0) is 0 Å². The highest BCUT2D eigenvalue weighted by Crippen LogP contribution is 2.21. The average molecular weight is 216 g/mol.